The van der Waals surface area contributed by atoms with Crippen LogP contribution in [0.2, 0.25) is 0 Å². The largest absolute Gasteiger partial charge is 0.507 e. The van der Waals surface area contributed by atoms with E-state index in [-0.39, 0.29) is 5.92 Å². The maximum Gasteiger partial charge on any atom is 0.126 e. The highest BCUT2D eigenvalue weighted by Crippen LogP contribution is 2.44. The molecule has 1 N–H and O–H groups in total. The minimum Gasteiger partial charge on any atom is -0.507 e. The lowest BCUT2D eigenvalue weighted by Gasteiger charge is -2.22. The van der Waals surface area contributed by atoms with Gasteiger partial charge in [0.25, 0.3) is 0 Å². The first-order chi connectivity index (χ1) is 13.3. The number of hydrogen-bond donors (Lipinski definition) is 1. The van der Waals surface area contributed by atoms with E-state index < -0.39 is 0 Å². The molecule has 148 valence electrons. The molecular weight excluding hydrogens is 360 g/mol. The summed E-state index contributed by atoms with van der Waals surface area (Å²) in [7, 11) is 0. The number of hydrogen-bond acceptors (Lipinski definition) is 2. The molecule has 0 spiro atoms. The van der Waals surface area contributed by atoms with Crippen molar-refractivity contribution in [2.45, 2.75) is 65.0 Å². The van der Waals surface area contributed by atoms with E-state index in [9.17, 15) is 5.11 Å². The highest BCUT2D eigenvalue weighted by molar-refractivity contribution is 8.03. The fourth-order valence-corrected chi connectivity index (χ4v) is 4.76. The van der Waals surface area contributed by atoms with Crippen molar-refractivity contribution in [3.63, 3.8) is 0 Å². The van der Waals surface area contributed by atoms with Gasteiger partial charge < -0.3 is 5.11 Å². The average Bonchev–Trinajstić information content (AvgIpc) is 2.82. The zero-order chi connectivity index (χ0) is 20.4. The second-order valence-electron chi connectivity index (χ2n) is 8.20. The third kappa shape index (κ3) is 4.07. The Balaban J connectivity index is 2.14. The summed E-state index contributed by atoms with van der Waals surface area (Å²) in [6.07, 6.45) is 12.4. The zero-order valence-corrected chi connectivity index (χ0v) is 18.7. The first-order valence-corrected chi connectivity index (χ1v) is 11.3. The minimum absolute atomic E-state index is 0.285. The molecular formula is C26H32OS. The van der Waals surface area contributed by atoms with E-state index in [0.717, 1.165) is 23.1 Å². The van der Waals surface area contributed by atoms with Gasteiger partial charge in [-0.3, -0.25) is 0 Å². The van der Waals surface area contributed by atoms with Crippen LogP contribution in [0.3, 0.4) is 0 Å². The smallest absolute Gasteiger partial charge is 0.126 e. The standard InChI is InChI=1S/C26H32OS/c1-7-18(8-2)19-9-10-22-12-21(11-19)25(15-28-22)24-14-20(16(3)4)13-23(17(5)6)26(24)27/h7,9-17,22,27H,8H2,1-6H3/b18-7+. The summed E-state index contributed by atoms with van der Waals surface area (Å²) in [5, 5.41) is 13.7. The predicted molar refractivity (Wildman–Crippen MR) is 125 cm³/mol. The third-order valence-electron chi connectivity index (χ3n) is 5.62. The molecule has 0 saturated carbocycles. The predicted octanol–water partition coefficient (Wildman–Crippen LogP) is 7.87. The lowest BCUT2D eigenvalue weighted by Crippen LogP contribution is -2.03. The summed E-state index contributed by atoms with van der Waals surface area (Å²) < 4.78 is 0. The van der Waals surface area contributed by atoms with Crippen LogP contribution in [0.4, 0.5) is 0 Å². The van der Waals surface area contributed by atoms with E-state index in [1.54, 1.807) is 0 Å². The summed E-state index contributed by atoms with van der Waals surface area (Å²) in [6.45, 7) is 13.0. The van der Waals surface area contributed by atoms with Crippen LogP contribution in [0.15, 0.2) is 64.6 Å². The van der Waals surface area contributed by atoms with Gasteiger partial charge in [0.1, 0.15) is 5.75 Å². The Morgan fingerprint density at radius 1 is 1.18 bits per heavy atom. The number of fused-ring (bicyclic) bond motifs is 1. The van der Waals surface area contributed by atoms with Crippen molar-refractivity contribution >= 4 is 17.3 Å². The molecule has 0 saturated heterocycles. The van der Waals surface area contributed by atoms with Gasteiger partial charge in [0.05, 0.1) is 0 Å². The highest BCUT2D eigenvalue weighted by Gasteiger charge is 2.23. The third-order valence-corrected chi connectivity index (χ3v) is 6.59. The summed E-state index contributed by atoms with van der Waals surface area (Å²) in [5.74, 6) is 1.14. The number of thioether (sulfide) groups is 1. The molecule has 0 radical (unpaired) electrons. The molecule has 1 aliphatic heterocycles. The van der Waals surface area contributed by atoms with Gasteiger partial charge in [-0.1, -0.05) is 65.0 Å². The Morgan fingerprint density at radius 2 is 1.93 bits per heavy atom. The molecule has 0 fully saturated rings. The second-order valence-corrected chi connectivity index (χ2v) is 9.25. The Kier molecular flexibility index (Phi) is 6.40. The van der Waals surface area contributed by atoms with Crippen LogP contribution in [0.1, 0.15) is 76.5 Å². The molecule has 1 nitrogen and oxygen atoms in total. The molecule has 2 bridgehead atoms. The van der Waals surface area contributed by atoms with Crippen molar-refractivity contribution in [2.24, 2.45) is 0 Å². The molecule has 2 aliphatic rings. The quantitative estimate of drug-likeness (QED) is 0.550. The summed E-state index contributed by atoms with van der Waals surface area (Å²) in [6, 6.07) is 4.36. The van der Waals surface area contributed by atoms with E-state index in [1.165, 1.54) is 22.3 Å². The zero-order valence-electron chi connectivity index (χ0n) is 17.9. The Bertz CT molecular complexity index is 907. The molecule has 1 heterocycles. The van der Waals surface area contributed by atoms with Gasteiger partial charge >= 0.3 is 0 Å². The van der Waals surface area contributed by atoms with Crippen LogP contribution in [-0.4, -0.2) is 10.4 Å². The van der Waals surface area contributed by atoms with Crippen LogP contribution in [0.25, 0.3) is 5.57 Å². The first-order valence-electron chi connectivity index (χ1n) is 10.4. The SMILES string of the molecule is C/C=C(\CC)C1=CC2=CC(C=C1)SC=C2c1cc(C(C)C)cc(C(C)C)c1O. The Morgan fingerprint density at radius 3 is 2.54 bits per heavy atom. The summed E-state index contributed by atoms with van der Waals surface area (Å²) in [4.78, 5) is 0. The number of rotatable bonds is 5. The van der Waals surface area contributed by atoms with Gasteiger partial charge in [-0.05, 0) is 76.2 Å². The van der Waals surface area contributed by atoms with Crippen molar-refractivity contribution in [1.82, 2.24) is 0 Å². The van der Waals surface area contributed by atoms with Crippen molar-refractivity contribution < 1.29 is 5.11 Å². The van der Waals surface area contributed by atoms with Crippen molar-refractivity contribution in [3.05, 3.63) is 81.3 Å². The fourth-order valence-electron chi connectivity index (χ4n) is 3.81. The fraction of sp³-hybridized carbons (Fsp3) is 0.385. The lowest BCUT2D eigenvalue weighted by molar-refractivity contribution is 0.462. The lowest BCUT2D eigenvalue weighted by atomic mass is 9.87. The minimum atomic E-state index is 0.285. The molecule has 1 aromatic rings. The van der Waals surface area contributed by atoms with E-state index in [2.05, 4.69) is 89.5 Å². The first kappa shape index (κ1) is 20.8. The highest BCUT2D eigenvalue weighted by atomic mass is 32.2. The van der Waals surface area contributed by atoms with Crippen LogP contribution < -0.4 is 0 Å². The molecule has 1 aromatic carbocycles. The van der Waals surface area contributed by atoms with Crippen LogP contribution >= 0.6 is 11.8 Å². The molecule has 1 aliphatic carbocycles. The van der Waals surface area contributed by atoms with Gasteiger partial charge in [-0.2, -0.15) is 0 Å². The Labute approximate surface area is 174 Å². The molecule has 1 unspecified atom stereocenters. The Hall–Kier alpha value is -1.93. The van der Waals surface area contributed by atoms with Gasteiger partial charge in [-0.15, -0.1) is 11.8 Å². The molecule has 2 heteroatoms. The van der Waals surface area contributed by atoms with E-state index in [4.69, 9.17) is 0 Å². The summed E-state index contributed by atoms with van der Waals surface area (Å²) >= 11 is 1.81. The van der Waals surface area contributed by atoms with E-state index in [1.807, 2.05) is 11.8 Å². The molecule has 3 rings (SSSR count). The van der Waals surface area contributed by atoms with Crippen LogP contribution in [0.5, 0.6) is 5.75 Å². The molecule has 28 heavy (non-hydrogen) atoms. The normalized spacial score (nSPS) is 19.5. The monoisotopic (exact) mass is 392 g/mol. The van der Waals surface area contributed by atoms with Gasteiger partial charge in [0, 0.05) is 10.8 Å². The van der Waals surface area contributed by atoms with Gasteiger partial charge in [0.15, 0.2) is 0 Å². The summed E-state index contributed by atoms with van der Waals surface area (Å²) in [5.41, 5.74) is 8.26. The van der Waals surface area contributed by atoms with Crippen molar-refractivity contribution in [1.29, 1.82) is 0 Å². The van der Waals surface area contributed by atoms with Crippen molar-refractivity contribution in [2.75, 3.05) is 0 Å². The maximum atomic E-state index is 11.1. The maximum absolute atomic E-state index is 11.1. The van der Waals surface area contributed by atoms with E-state index in [0.29, 0.717) is 16.9 Å². The number of aromatic hydroxyl groups is 1. The van der Waals surface area contributed by atoms with E-state index >= 15 is 0 Å². The van der Waals surface area contributed by atoms with Crippen LogP contribution in [0, 0.1) is 0 Å². The number of phenols is 1. The number of allylic oxidation sites excluding steroid dienone is 7. The second kappa shape index (κ2) is 8.61. The number of benzene rings is 1. The van der Waals surface area contributed by atoms with Gasteiger partial charge in [-0.25, -0.2) is 0 Å². The topological polar surface area (TPSA) is 20.2 Å². The molecule has 0 amide bonds. The molecule has 1 atom stereocenters. The molecule has 0 aromatic heterocycles. The van der Waals surface area contributed by atoms with Gasteiger partial charge in [0.2, 0.25) is 0 Å². The van der Waals surface area contributed by atoms with Crippen molar-refractivity contribution in [3.8, 4) is 5.75 Å². The average molecular weight is 393 g/mol. The number of phenolic OH excluding ortho intramolecular Hbond substituents is 1. The van der Waals surface area contributed by atoms with Crippen LogP contribution in [-0.2, 0) is 0 Å².